The van der Waals surface area contributed by atoms with Crippen LogP contribution >= 0.6 is 0 Å². The van der Waals surface area contributed by atoms with E-state index in [-0.39, 0.29) is 12.6 Å². The average molecular weight is 196 g/mol. The second kappa shape index (κ2) is 5.57. The molecule has 0 aliphatic heterocycles. The molecule has 1 unspecified atom stereocenters. The van der Waals surface area contributed by atoms with Gasteiger partial charge in [-0.2, -0.15) is 0 Å². The Balaban J connectivity index is 2.73. The number of pyridine rings is 1. The van der Waals surface area contributed by atoms with Crippen LogP contribution in [0.3, 0.4) is 0 Å². The fraction of sp³-hybridized carbons (Fsp3) is 0.500. The van der Waals surface area contributed by atoms with Crippen LogP contribution < -0.4 is 10.5 Å². The Morgan fingerprint density at radius 1 is 1.64 bits per heavy atom. The van der Waals surface area contributed by atoms with Crippen LogP contribution in [0.4, 0.5) is 0 Å². The highest BCUT2D eigenvalue weighted by Crippen LogP contribution is 2.15. The number of ether oxygens (including phenoxy) is 1. The van der Waals surface area contributed by atoms with Crippen molar-refractivity contribution in [3.05, 3.63) is 23.9 Å². The van der Waals surface area contributed by atoms with Crippen molar-refractivity contribution in [2.45, 2.75) is 19.4 Å². The van der Waals surface area contributed by atoms with Crippen LogP contribution in [0.2, 0.25) is 0 Å². The highest BCUT2D eigenvalue weighted by Gasteiger charge is 2.08. The number of rotatable bonds is 5. The summed E-state index contributed by atoms with van der Waals surface area (Å²) in [6.07, 6.45) is 2.26. The summed E-state index contributed by atoms with van der Waals surface area (Å²) >= 11 is 0. The first-order chi connectivity index (χ1) is 6.77. The smallest absolute Gasteiger partial charge is 0.216 e. The minimum absolute atomic E-state index is 0.0273. The largest absolute Gasteiger partial charge is 0.478 e. The van der Waals surface area contributed by atoms with Crippen molar-refractivity contribution in [3.8, 4) is 5.88 Å². The second-order valence-electron chi connectivity index (χ2n) is 3.05. The van der Waals surface area contributed by atoms with Crippen molar-refractivity contribution in [1.29, 1.82) is 0 Å². The number of hydrogen-bond donors (Lipinski definition) is 2. The summed E-state index contributed by atoms with van der Waals surface area (Å²) in [5.41, 5.74) is 6.58. The first-order valence-corrected chi connectivity index (χ1v) is 4.71. The molecule has 0 radical (unpaired) electrons. The zero-order valence-corrected chi connectivity index (χ0v) is 8.31. The second-order valence-corrected chi connectivity index (χ2v) is 3.05. The topological polar surface area (TPSA) is 68.4 Å². The van der Waals surface area contributed by atoms with Crippen LogP contribution in [0, 0.1) is 0 Å². The molecule has 4 nitrogen and oxygen atoms in total. The van der Waals surface area contributed by atoms with Crippen molar-refractivity contribution < 1.29 is 9.84 Å². The summed E-state index contributed by atoms with van der Waals surface area (Å²) < 4.78 is 5.33. The lowest BCUT2D eigenvalue weighted by molar-refractivity contribution is 0.263. The van der Waals surface area contributed by atoms with Gasteiger partial charge in [0, 0.05) is 17.8 Å². The van der Waals surface area contributed by atoms with Gasteiger partial charge in [-0.25, -0.2) is 4.98 Å². The van der Waals surface area contributed by atoms with E-state index in [9.17, 15) is 0 Å². The lowest BCUT2D eigenvalue weighted by atomic mass is 10.1. The van der Waals surface area contributed by atoms with Gasteiger partial charge in [-0.1, -0.05) is 6.07 Å². The van der Waals surface area contributed by atoms with E-state index < -0.39 is 0 Å². The maximum Gasteiger partial charge on any atom is 0.216 e. The molecule has 1 atom stereocenters. The van der Waals surface area contributed by atoms with E-state index in [0.717, 1.165) is 5.56 Å². The quantitative estimate of drug-likeness (QED) is 0.712. The molecule has 0 amide bonds. The van der Waals surface area contributed by atoms with E-state index in [1.54, 1.807) is 6.20 Å². The molecule has 0 aromatic carbocycles. The van der Waals surface area contributed by atoms with Gasteiger partial charge >= 0.3 is 0 Å². The monoisotopic (exact) mass is 196 g/mol. The summed E-state index contributed by atoms with van der Waals surface area (Å²) in [6, 6.07) is 3.49. The lowest BCUT2D eigenvalue weighted by Gasteiger charge is -2.11. The van der Waals surface area contributed by atoms with E-state index in [2.05, 4.69) is 4.98 Å². The van der Waals surface area contributed by atoms with Crippen molar-refractivity contribution >= 4 is 0 Å². The Labute approximate surface area is 83.7 Å². The van der Waals surface area contributed by atoms with Crippen molar-refractivity contribution in [3.63, 3.8) is 0 Å². The van der Waals surface area contributed by atoms with Crippen molar-refractivity contribution in [2.75, 3.05) is 13.2 Å². The zero-order valence-electron chi connectivity index (χ0n) is 8.31. The van der Waals surface area contributed by atoms with E-state index in [4.69, 9.17) is 15.6 Å². The van der Waals surface area contributed by atoms with Gasteiger partial charge in [-0.3, -0.25) is 0 Å². The first-order valence-electron chi connectivity index (χ1n) is 4.71. The van der Waals surface area contributed by atoms with Gasteiger partial charge in [0.25, 0.3) is 0 Å². The summed E-state index contributed by atoms with van der Waals surface area (Å²) in [4.78, 5) is 4.10. The molecule has 1 aromatic rings. The summed E-state index contributed by atoms with van der Waals surface area (Å²) in [5, 5.41) is 8.83. The third kappa shape index (κ3) is 2.97. The molecule has 0 aliphatic rings. The first kappa shape index (κ1) is 10.9. The van der Waals surface area contributed by atoms with Crippen LogP contribution in [-0.2, 0) is 6.42 Å². The Bertz CT molecular complexity index is 279. The van der Waals surface area contributed by atoms with Gasteiger partial charge in [-0.15, -0.1) is 0 Å². The molecule has 1 rings (SSSR count). The molecule has 1 aromatic heterocycles. The highest BCUT2D eigenvalue weighted by molar-refractivity contribution is 5.26. The normalized spacial score (nSPS) is 12.5. The molecule has 0 bridgehead atoms. The SMILES string of the molecule is CCOc1ncccc1CC(N)CO. The van der Waals surface area contributed by atoms with Crippen molar-refractivity contribution in [1.82, 2.24) is 4.98 Å². The average Bonchev–Trinajstić information content (AvgIpc) is 2.21. The number of aliphatic hydroxyl groups is 1. The highest BCUT2D eigenvalue weighted by atomic mass is 16.5. The van der Waals surface area contributed by atoms with Crippen LogP contribution in [0.1, 0.15) is 12.5 Å². The Morgan fingerprint density at radius 3 is 3.07 bits per heavy atom. The maximum absolute atomic E-state index is 8.83. The van der Waals surface area contributed by atoms with Gasteiger partial charge in [-0.05, 0) is 19.4 Å². The number of aromatic nitrogens is 1. The Kier molecular flexibility index (Phi) is 4.35. The summed E-state index contributed by atoms with van der Waals surface area (Å²) in [5.74, 6) is 0.610. The predicted octanol–water partition coefficient (Wildman–Crippen LogP) is 0.342. The molecular formula is C10H16N2O2. The van der Waals surface area contributed by atoms with Crippen LogP contribution in [0.5, 0.6) is 5.88 Å². The van der Waals surface area contributed by atoms with Gasteiger partial charge in [0.1, 0.15) is 0 Å². The van der Waals surface area contributed by atoms with Crippen molar-refractivity contribution in [2.24, 2.45) is 5.73 Å². The molecule has 0 aliphatic carbocycles. The summed E-state index contributed by atoms with van der Waals surface area (Å²) in [6.45, 7) is 2.46. The van der Waals surface area contributed by atoms with Gasteiger partial charge in [0.15, 0.2) is 0 Å². The molecule has 78 valence electrons. The molecule has 0 fully saturated rings. The zero-order chi connectivity index (χ0) is 10.4. The Hall–Kier alpha value is -1.13. The lowest BCUT2D eigenvalue weighted by Crippen LogP contribution is -2.27. The number of nitrogens with zero attached hydrogens (tertiary/aromatic N) is 1. The predicted molar refractivity (Wildman–Crippen MR) is 54.2 cm³/mol. The third-order valence-corrected chi connectivity index (χ3v) is 1.85. The van der Waals surface area contributed by atoms with E-state index in [0.29, 0.717) is 18.9 Å². The number of hydrogen-bond acceptors (Lipinski definition) is 4. The third-order valence-electron chi connectivity index (χ3n) is 1.85. The molecule has 0 saturated carbocycles. The standard InChI is InChI=1S/C10H16N2O2/c1-2-14-10-8(4-3-5-12-10)6-9(11)7-13/h3-5,9,13H,2,6-7,11H2,1H3. The maximum atomic E-state index is 8.83. The van der Waals surface area contributed by atoms with Gasteiger partial charge < -0.3 is 15.6 Å². The molecule has 3 N–H and O–H groups in total. The van der Waals surface area contributed by atoms with E-state index in [1.165, 1.54) is 0 Å². The molecule has 4 heteroatoms. The summed E-state index contributed by atoms with van der Waals surface area (Å²) in [7, 11) is 0. The molecule has 14 heavy (non-hydrogen) atoms. The minimum atomic E-state index is -0.251. The fourth-order valence-corrected chi connectivity index (χ4v) is 1.19. The van der Waals surface area contributed by atoms with Gasteiger partial charge in [0.2, 0.25) is 5.88 Å². The number of aliphatic hydroxyl groups excluding tert-OH is 1. The van der Waals surface area contributed by atoms with Crippen LogP contribution in [-0.4, -0.2) is 29.3 Å². The van der Waals surface area contributed by atoms with E-state index in [1.807, 2.05) is 19.1 Å². The van der Waals surface area contributed by atoms with Gasteiger partial charge in [0.05, 0.1) is 13.2 Å². The number of nitrogens with two attached hydrogens (primary N) is 1. The molecule has 1 heterocycles. The minimum Gasteiger partial charge on any atom is -0.478 e. The molecular weight excluding hydrogens is 180 g/mol. The molecule has 0 spiro atoms. The van der Waals surface area contributed by atoms with Crippen LogP contribution in [0.25, 0.3) is 0 Å². The van der Waals surface area contributed by atoms with E-state index >= 15 is 0 Å². The Morgan fingerprint density at radius 2 is 2.43 bits per heavy atom. The fourth-order valence-electron chi connectivity index (χ4n) is 1.19. The molecule has 0 saturated heterocycles. The van der Waals surface area contributed by atoms with Crippen LogP contribution in [0.15, 0.2) is 18.3 Å².